The molecule has 0 aliphatic carbocycles. The standard InChI is InChI=1S/C27H52Br2N2O13/c28-25-26(32)30-1-3-34-5-7-36-9-11-38-13-15-40-17-19-42-21-23-44-24-22-43-20-18-41-16-14-39-12-10-37-8-6-35-4-2-31-27(29)33/h1-25H2,(H,30,32)(H,31,33). The van der Waals surface area contributed by atoms with Crippen LogP contribution in [0.4, 0.5) is 4.79 Å². The molecule has 0 radical (unpaired) electrons. The summed E-state index contributed by atoms with van der Waals surface area (Å²) >= 11 is 5.85. The zero-order valence-corrected chi connectivity index (χ0v) is 28.9. The summed E-state index contributed by atoms with van der Waals surface area (Å²) in [5.41, 5.74) is 0. The Kier molecular flexibility index (Phi) is 38.2. The van der Waals surface area contributed by atoms with Gasteiger partial charge in [0, 0.05) is 29.0 Å². The highest BCUT2D eigenvalue weighted by Crippen LogP contribution is 1.87. The molecular formula is C27H52Br2N2O13. The maximum atomic E-state index is 11.0. The van der Waals surface area contributed by atoms with Crippen LogP contribution < -0.4 is 10.6 Å². The van der Waals surface area contributed by atoms with Gasteiger partial charge in [0.1, 0.15) is 0 Å². The minimum Gasteiger partial charge on any atom is -0.377 e. The first-order valence-electron chi connectivity index (χ1n) is 14.8. The Bertz CT molecular complexity index is 616. The molecule has 0 rings (SSSR count). The van der Waals surface area contributed by atoms with Crippen molar-refractivity contribution < 1.29 is 61.7 Å². The second kappa shape index (κ2) is 38.6. The van der Waals surface area contributed by atoms with E-state index in [9.17, 15) is 9.59 Å². The fraction of sp³-hybridized carbons (Fsp3) is 0.926. The molecule has 0 aromatic carbocycles. The Morgan fingerprint density at radius 2 is 0.568 bits per heavy atom. The molecule has 0 heterocycles. The largest absolute Gasteiger partial charge is 0.377 e. The Hall–Kier alpha value is -0.540. The third-order valence-electron chi connectivity index (χ3n) is 4.92. The molecule has 0 aliphatic rings. The number of hydrogen-bond donors (Lipinski definition) is 2. The second-order valence-corrected chi connectivity index (χ2v) is 9.70. The van der Waals surface area contributed by atoms with Crippen LogP contribution in [-0.2, 0) is 56.9 Å². The second-order valence-electron chi connectivity index (χ2n) is 8.42. The average molecular weight is 773 g/mol. The summed E-state index contributed by atoms with van der Waals surface area (Å²) in [5.74, 6) is -0.0595. The lowest BCUT2D eigenvalue weighted by Crippen LogP contribution is -2.28. The predicted molar refractivity (Wildman–Crippen MR) is 168 cm³/mol. The summed E-state index contributed by atoms with van der Waals surface area (Å²) in [4.78, 5) is 21.4. The lowest BCUT2D eigenvalue weighted by Gasteiger charge is -2.09. The Morgan fingerprint density at radius 3 is 0.773 bits per heavy atom. The number of carbonyl (C=O) groups is 2. The van der Waals surface area contributed by atoms with Gasteiger partial charge in [-0.25, -0.2) is 0 Å². The molecule has 15 nitrogen and oxygen atoms in total. The zero-order chi connectivity index (χ0) is 32.0. The lowest BCUT2D eigenvalue weighted by atomic mass is 10.6. The topological polar surface area (TPSA) is 160 Å². The van der Waals surface area contributed by atoms with E-state index in [1.165, 1.54) is 0 Å². The van der Waals surface area contributed by atoms with Gasteiger partial charge < -0.3 is 62.7 Å². The summed E-state index contributed by atoms with van der Waals surface area (Å²) in [5, 5.41) is 5.56. The van der Waals surface area contributed by atoms with E-state index in [0.717, 1.165) is 0 Å². The van der Waals surface area contributed by atoms with E-state index in [0.29, 0.717) is 164 Å². The molecule has 0 unspecified atom stereocenters. The Morgan fingerprint density at radius 1 is 0.364 bits per heavy atom. The molecule has 262 valence electrons. The van der Waals surface area contributed by atoms with Crippen LogP contribution in [0.2, 0.25) is 0 Å². The van der Waals surface area contributed by atoms with E-state index in [4.69, 9.17) is 52.1 Å². The van der Waals surface area contributed by atoms with E-state index < -0.39 is 0 Å². The van der Waals surface area contributed by atoms with Crippen LogP contribution in [0.15, 0.2) is 0 Å². The maximum absolute atomic E-state index is 11.0. The van der Waals surface area contributed by atoms with Gasteiger partial charge in [0.05, 0.1) is 151 Å². The van der Waals surface area contributed by atoms with Gasteiger partial charge in [0.25, 0.3) is 4.82 Å². The zero-order valence-electron chi connectivity index (χ0n) is 25.7. The van der Waals surface area contributed by atoms with Gasteiger partial charge in [-0.2, -0.15) is 0 Å². The molecule has 0 aromatic heterocycles. The highest BCUT2D eigenvalue weighted by atomic mass is 79.9. The average Bonchev–Trinajstić information content (AvgIpc) is 3.02. The van der Waals surface area contributed by atoms with Gasteiger partial charge in [-0.3, -0.25) is 9.59 Å². The van der Waals surface area contributed by atoms with Crippen LogP contribution in [0, 0.1) is 0 Å². The van der Waals surface area contributed by atoms with E-state index in [-0.39, 0.29) is 10.7 Å². The minimum atomic E-state index is -0.252. The molecule has 2 amide bonds. The monoisotopic (exact) mass is 770 g/mol. The van der Waals surface area contributed by atoms with Gasteiger partial charge in [-0.05, 0) is 0 Å². The van der Waals surface area contributed by atoms with Crippen molar-refractivity contribution in [3.63, 3.8) is 0 Å². The highest BCUT2D eigenvalue weighted by molar-refractivity contribution is 9.18. The van der Waals surface area contributed by atoms with Crippen molar-refractivity contribution in [1.29, 1.82) is 0 Å². The fourth-order valence-electron chi connectivity index (χ4n) is 2.83. The summed E-state index contributed by atoms with van der Waals surface area (Å²) in [6, 6.07) is 0. The Labute approximate surface area is 278 Å². The Balaban J connectivity index is 3.05. The number of amides is 2. The number of hydrogen-bond acceptors (Lipinski definition) is 13. The van der Waals surface area contributed by atoms with Gasteiger partial charge in [0.2, 0.25) is 5.91 Å². The number of halogens is 2. The van der Waals surface area contributed by atoms with Crippen molar-refractivity contribution in [3.8, 4) is 0 Å². The SMILES string of the molecule is O=C(Br)NCCOCCOCCOCCOCCOCCOCCOCCOCCOCCOCCOCCNC(=O)CBr. The van der Waals surface area contributed by atoms with E-state index >= 15 is 0 Å². The molecule has 44 heavy (non-hydrogen) atoms. The molecule has 17 heteroatoms. The number of nitrogens with one attached hydrogen (secondary N) is 2. The summed E-state index contributed by atoms with van der Waals surface area (Å²) in [7, 11) is 0. The van der Waals surface area contributed by atoms with Crippen LogP contribution in [0.5, 0.6) is 0 Å². The lowest BCUT2D eigenvalue weighted by molar-refractivity contribution is -0.118. The van der Waals surface area contributed by atoms with Crippen LogP contribution >= 0.6 is 31.9 Å². The predicted octanol–water partition coefficient (Wildman–Crippen LogP) is 0.785. The van der Waals surface area contributed by atoms with Gasteiger partial charge >= 0.3 is 0 Å². The van der Waals surface area contributed by atoms with Crippen LogP contribution in [0.3, 0.4) is 0 Å². The smallest absolute Gasteiger partial charge is 0.287 e. The van der Waals surface area contributed by atoms with Gasteiger partial charge in [-0.15, -0.1) is 0 Å². The first kappa shape index (κ1) is 43.5. The van der Waals surface area contributed by atoms with Crippen LogP contribution in [-0.4, -0.2) is 174 Å². The molecule has 0 saturated heterocycles. The van der Waals surface area contributed by atoms with Crippen LogP contribution in [0.1, 0.15) is 0 Å². The van der Waals surface area contributed by atoms with Gasteiger partial charge in [-0.1, -0.05) is 15.9 Å². The molecule has 0 bridgehead atoms. The summed E-state index contributed by atoms with van der Waals surface area (Å²) < 4.78 is 59.5. The van der Waals surface area contributed by atoms with Gasteiger partial charge in [0.15, 0.2) is 0 Å². The molecular weight excluding hydrogens is 720 g/mol. The third-order valence-corrected chi connectivity index (χ3v) is 5.71. The number of rotatable bonds is 37. The molecule has 2 N–H and O–H groups in total. The van der Waals surface area contributed by atoms with Crippen molar-refractivity contribution in [2.24, 2.45) is 0 Å². The number of alkyl halides is 1. The highest BCUT2D eigenvalue weighted by Gasteiger charge is 1.98. The molecule has 0 aliphatic heterocycles. The van der Waals surface area contributed by atoms with Crippen LogP contribution in [0.25, 0.3) is 0 Å². The van der Waals surface area contributed by atoms with Crippen molar-refractivity contribution in [3.05, 3.63) is 0 Å². The third kappa shape index (κ3) is 39.5. The van der Waals surface area contributed by atoms with E-state index in [1.807, 2.05) is 0 Å². The molecule has 0 spiro atoms. The van der Waals surface area contributed by atoms with E-state index in [2.05, 4.69) is 42.5 Å². The van der Waals surface area contributed by atoms with Crippen molar-refractivity contribution >= 4 is 42.6 Å². The molecule has 0 aromatic rings. The van der Waals surface area contributed by atoms with E-state index in [1.54, 1.807) is 0 Å². The normalized spacial score (nSPS) is 11.2. The first-order chi connectivity index (χ1) is 21.7. The number of carbonyl (C=O) groups excluding carboxylic acids is 2. The fourth-order valence-corrected chi connectivity index (χ4v) is 3.23. The van der Waals surface area contributed by atoms with Crippen molar-refractivity contribution in [1.82, 2.24) is 10.6 Å². The quantitative estimate of drug-likeness (QED) is 0.0396. The minimum absolute atomic E-state index is 0.0595. The molecule has 0 fully saturated rings. The summed E-state index contributed by atoms with van der Waals surface area (Å²) in [6.07, 6.45) is 0. The van der Waals surface area contributed by atoms with Crippen molar-refractivity contribution in [2.45, 2.75) is 0 Å². The summed E-state index contributed by atoms with van der Waals surface area (Å²) in [6.45, 7) is 11.6. The maximum Gasteiger partial charge on any atom is 0.287 e. The van der Waals surface area contributed by atoms with Crippen molar-refractivity contribution in [2.75, 3.05) is 164 Å². The number of ether oxygens (including phenoxy) is 11. The molecule has 0 atom stereocenters. The molecule has 0 saturated carbocycles. The first-order valence-corrected chi connectivity index (χ1v) is 16.7.